The summed E-state index contributed by atoms with van der Waals surface area (Å²) in [5, 5.41) is 2.65. The Morgan fingerprint density at radius 1 is 1.13 bits per heavy atom. The van der Waals surface area contributed by atoms with Gasteiger partial charge < -0.3 is 5.32 Å². The number of sulfonamides is 1. The van der Waals surface area contributed by atoms with Crippen LogP contribution in [-0.2, 0) is 20.6 Å². The molecular formula is C16H17BrN2O3S. The Hall–Kier alpha value is -1.70. The minimum atomic E-state index is -3.58. The van der Waals surface area contributed by atoms with Crippen molar-refractivity contribution in [3.05, 3.63) is 64.1 Å². The number of halogens is 1. The lowest BCUT2D eigenvalue weighted by Gasteiger charge is -2.08. The highest BCUT2D eigenvalue weighted by atomic mass is 79.9. The van der Waals surface area contributed by atoms with Crippen LogP contribution in [0.1, 0.15) is 11.1 Å². The second kappa shape index (κ2) is 7.72. The molecule has 0 fully saturated rings. The molecule has 1 amide bonds. The normalized spacial score (nSPS) is 11.2. The molecule has 0 radical (unpaired) electrons. The highest BCUT2D eigenvalue weighted by Crippen LogP contribution is 2.13. The van der Waals surface area contributed by atoms with Crippen LogP contribution in [0.3, 0.4) is 0 Å². The van der Waals surface area contributed by atoms with Crippen molar-refractivity contribution in [3.63, 3.8) is 0 Å². The lowest BCUT2D eigenvalue weighted by Crippen LogP contribution is -2.33. The molecule has 0 saturated carbocycles. The van der Waals surface area contributed by atoms with E-state index in [1.54, 1.807) is 24.3 Å². The number of hydrogen-bond donors (Lipinski definition) is 2. The maximum absolute atomic E-state index is 12.0. The zero-order valence-corrected chi connectivity index (χ0v) is 14.9. The Bertz CT molecular complexity index is 806. The molecule has 2 aromatic carbocycles. The van der Waals surface area contributed by atoms with E-state index < -0.39 is 15.9 Å². The first-order valence-electron chi connectivity index (χ1n) is 6.92. The van der Waals surface area contributed by atoms with E-state index in [1.807, 2.05) is 31.2 Å². The molecule has 0 aromatic heterocycles. The van der Waals surface area contributed by atoms with Gasteiger partial charge in [0.1, 0.15) is 0 Å². The summed E-state index contributed by atoms with van der Waals surface area (Å²) in [5.41, 5.74) is 2.30. The summed E-state index contributed by atoms with van der Waals surface area (Å²) < 4.78 is 27.1. The van der Waals surface area contributed by atoms with E-state index >= 15 is 0 Å². The first kappa shape index (κ1) is 17.7. The molecular weight excluding hydrogens is 380 g/mol. The molecule has 0 aliphatic rings. The van der Waals surface area contributed by atoms with Crippen molar-refractivity contribution >= 4 is 37.5 Å². The van der Waals surface area contributed by atoms with Gasteiger partial charge in [-0.3, -0.25) is 4.79 Å². The summed E-state index contributed by atoms with van der Waals surface area (Å²) >= 11 is 3.30. The largest absolute Gasteiger partial charge is 0.325 e. The molecule has 0 unspecified atom stereocenters. The van der Waals surface area contributed by atoms with E-state index in [4.69, 9.17) is 0 Å². The molecule has 122 valence electrons. The van der Waals surface area contributed by atoms with E-state index in [2.05, 4.69) is 26.0 Å². The van der Waals surface area contributed by atoms with Crippen LogP contribution in [0.5, 0.6) is 0 Å². The van der Waals surface area contributed by atoms with E-state index in [9.17, 15) is 13.2 Å². The van der Waals surface area contributed by atoms with Crippen molar-refractivity contribution in [1.29, 1.82) is 0 Å². The second-order valence-corrected chi connectivity index (χ2v) is 7.85. The number of anilines is 1. The summed E-state index contributed by atoms with van der Waals surface area (Å²) in [6.07, 6.45) is 0. The summed E-state index contributed by atoms with van der Waals surface area (Å²) in [5.74, 6) is -0.585. The van der Waals surface area contributed by atoms with Crippen LogP contribution >= 0.6 is 15.9 Å². The van der Waals surface area contributed by atoms with Crippen molar-refractivity contribution in [3.8, 4) is 0 Å². The number of aryl methyl sites for hydroxylation is 1. The van der Waals surface area contributed by atoms with E-state index in [-0.39, 0.29) is 12.3 Å². The average molecular weight is 397 g/mol. The van der Waals surface area contributed by atoms with E-state index in [0.717, 1.165) is 10.0 Å². The highest BCUT2D eigenvalue weighted by molar-refractivity contribution is 9.10. The molecule has 2 rings (SSSR count). The molecule has 0 heterocycles. The first-order valence-corrected chi connectivity index (χ1v) is 9.37. The Balaban J connectivity index is 1.90. The van der Waals surface area contributed by atoms with Crippen LogP contribution in [0, 0.1) is 6.92 Å². The fourth-order valence-electron chi connectivity index (χ4n) is 2.00. The maximum Gasteiger partial charge on any atom is 0.239 e. The predicted molar refractivity (Wildman–Crippen MR) is 94.6 cm³/mol. The Labute approximate surface area is 144 Å². The number of hydrogen-bond acceptors (Lipinski definition) is 3. The van der Waals surface area contributed by atoms with Gasteiger partial charge in [-0.2, -0.15) is 0 Å². The zero-order chi connectivity index (χ0) is 16.9. The minimum Gasteiger partial charge on any atom is -0.325 e. The van der Waals surface area contributed by atoms with Crippen LogP contribution in [0.25, 0.3) is 0 Å². The van der Waals surface area contributed by atoms with Crippen LogP contribution in [-0.4, -0.2) is 20.9 Å². The van der Waals surface area contributed by atoms with Crippen LogP contribution in [0.2, 0.25) is 0 Å². The quantitative estimate of drug-likeness (QED) is 0.787. The Morgan fingerprint density at radius 3 is 2.57 bits per heavy atom. The van der Waals surface area contributed by atoms with Gasteiger partial charge in [-0.25, -0.2) is 13.1 Å². The minimum absolute atomic E-state index is 0.176. The number of nitrogens with one attached hydrogen (secondary N) is 2. The predicted octanol–water partition coefficient (Wildman–Crippen LogP) is 2.82. The molecule has 23 heavy (non-hydrogen) atoms. The lowest BCUT2D eigenvalue weighted by molar-refractivity contribution is -0.115. The van der Waals surface area contributed by atoms with E-state index in [1.165, 1.54) is 0 Å². The summed E-state index contributed by atoms with van der Waals surface area (Å²) in [6.45, 7) is 1.61. The molecule has 2 aromatic rings. The van der Waals surface area contributed by atoms with Crippen molar-refractivity contribution < 1.29 is 13.2 Å². The third-order valence-electron chi connectivity index (χ3n) is 3.00. The van der Waals surface area contributed by atoms with Gasteiger partial charge in [-0.1, -0.05) is 40.2 Å². The summed E-state index contributed by atoms with van der Waals surface area (Å²) in [4.78, 5) is 11.8. The second-order valence-electron chi connectivity index (χ2n) is 5.13. The lowest BCUT2D eigenvalue weighted by atomic mass is 10.2. The van der Waals surface area contributed by atoms with Gasteiger partial charge in [-0.15, -0.1) is 0 Å². The van der Waals surface area contributed by atoms with Crippen molar-refractivity contribution in [2.24, 2.45) is 0 Å². The van der Waals surface area contributed by atoms with Gasteiger partial charge in [0.05, 0.1) is 12.3 Å². The Morgan fingerprint density at radius 2 is 1.87 bits per heavy atom. The van der Waals surface area contributed by atoms with Crippen molar-refractivity contribution in [2.45, 2.75) is 12.7 Å². The fraction of sp³-hybridized carbons (Fsp3) is 0.188. The zero-order valence-electron chi connectivity index (χ0n) is 12.5. The van der Waals surface area contributed by atoms with Gasteiger partial charge in [0, 0.05) is 10.2 Å². The van der Waals surface area contributed by atoms with Crippen molar-refractivity contribution in [2.75, 3.05) is 11.9 Å². The first-order chi connectivity index (χ1) is 10.8. The van der Waals surface area contributed by atoms with Crippen LogP contribution in [0.4, 0.5) is 5.69 Å². The smallest absolute Gasteiger partial charge is 0.239 e. The SMILES string of the molecule is Cc1cccc(NC(=O)CNS(=O)(=O)Cc2cccc(Br)c2)c1. The molecule has 0 aliphatic carbocycles. The van der Waals surface area contributed by atoms with Crippen molar-refractivity contribution in [1.82, 2.24) is 4.72 Å². The number of rotatable bonds is 6. The molecule has 2 N–H and O–H groups in total. The molecule has 0 bridgehead atoms. The van der Waals surface area contributed by atoms with Crippen LogP contribution < -0.4 is 10.0 Å². The number of benzene rings is 2. The standard InChI is InChI=1S/C16H17BrN2O3S/c1-12-4-2-7-15(8-12)19-16(20)10-18-23(21,22)11-13-5-3-6-14(17)9-13/h2-9,18H,10-11H2,1H3,(H,19,20). The monoisotopic (exact) mass is 396 g/mol. The van der Waals surface area contributed by atoms with Gasteiger partial charge >= 0.3 is 0 Å². The Kier molecular flexibility index (Phi) is 5.92. The fourth-order valence-corrected chi connectivity index (χ4v) is 3.52. The van der Waals surface area contributed by atoms with Gasteiger partial charge in [0.15, 0.2) is 0 Å². The molecule has 0 spiro atoms. The third-order valence-corrected chi connectivity index (χ3v) is 4.79. The maximum atomic E-state index is 12.0. The van der Waals surface area contributed by atoms with E-state index in [0.29, 0.717) is 11.3 Å². The summed E-state index contributed by atoms with van der Waals surface area (Å²) in [6, 6.07) is 14.3. The number of carbonyl (C=O) groups excluding carboxylic acids is 1. The average Bonchev–Trinajstić information content (AvgIpc) is 2.45. The van der Waals surface area contributed by atoms with Gasteiger partial charge in [-0.05, 0) is 42.3 Å². The highest BCUT2D eigenvalue weighted by Gasteiger charge is 2.13. The third kappa shape index (κ3) is 6.13. The number of amides is 1. The summed E-state index contributed by atoms with van der Waals surface area (Å²) in [7, 11) is -3.58. The number of carbonyl (C=O) groups is 1. The molecule has 5 nitrogen and oxygen atoms in total. The van der Waals surface area contributed by atoms with Gasteiger partial charge in [0.25, 0.3) is 0 Å². The molecule has 0 aliphatic heterocycles. The topological polar surface area (TPSA) is 75.3 Å². The molecule has 7 heteroatoms. The van der Waals surface area contributed by atoms with Gasteiger partial charge in [0.2, 0.25) is 15.9 Å². The van der Waals surface area contributed by atoms with Crippen LogP contribution in [0.15, 0.2) is 53.0 Å². The molecule has 0 atom stereocenters. The molecule has 0 saturated heterocycles.